The van der Waals surface area contributed by atoms with Gasteiger partial charge >= 0.3 is 6.18 Å². The summed E-state index contributed by atoms with van der Waals surface area (Å²) in [7, 11) is 0. The number of halogens is 3. The number of anilines is 1. The van der Waals surface area contributed by atoms with Gasteiger partial charge in [0.15, 0.2) is 0 Å². The fourth-order valence-electron chi connectivity index (χ4n) is 3.17. The molecule has 4 nitrogen and oxygen atoms in total. The van der Waals surface area contributed by atoms with Gasteiger partial charge in [-0.05, 0) is 49.7 Å². The summed E-state index contributed by atoms with van der Waals surface area (Å²) in [4.78, 5) is 17.5. The van der Waals surface area contributed by atoms with Crippen LogP contribution in [0.4, 0.5) is 19.0 Å². The van der Waals surface area contributed by atoms with Crippen LogP contribution < -0.4 is 5.32 Å². The van der Waals surface area contributed by atoms with E-state index in [4.69, 9.17) is 0 Å². The molecule has 2 aromatic carbocycles. The molecular weight excluding hydrogens is 391 g/mol. The third-order valence-electron chi connectivity index (χ3n) is 4.80. The minimum Gasteiger partial charge on any atom is -0.306 e. The molecule has 0 atom stereocenters. The summed E-state index contributed by atoms with van der Waals surface area (Å²) in [5.74, 6) is -0.0529. The molecule has 0 spiro atoms. The molecule has 152 valence electrons. The molecule has 0 saturated carbocycles. The van der Waals surface area contributed by atoms with Gasteiger partial charge in [-0.2, -0.15) is 13.2 Å². The number of carbonyl (C=O) groups is 1. The zero-order chi connectivity index (χ0) is 21.5. The second kappa shape index (κ2) is 7.33. The number of imidazole rings is 1. The van der Waals surface area contributed by atoms with Crippen LogP contribution >= 0.6 is 0 Å². The van der Waals surface area contributed by atoms with Crippen molar-refractivity contribution in [2.75, 3.05) is 5.32 Å². The summed E-state index contributed by atoms with van der Waals surface area (Å²) >= 11 is 0. The molecule has 4 rings (SSSR count). The van der Waals surface area contributed by atoms with Gasteiger partial charge in [-0.25, -0.2) is 4.98 Å². The smallest absolute Gasteiger partial charge is 0.306 e. The number of amides is 1. The first-order valence-corrected chi connectivity index (χ1v) is 9.27. The van der Waals surface area contributed by atoms with Crippen molar-refractivity contribution in [1.82, 2.24) is 9.38 Å². The van der Waals surface area contributed by atoms with Crippen LogP contribution in [0, 0.1) is 13.8 Å². The standard InChI is InChI=1S/C23H18F3N3O/c1-14-3-6-16(7-4-14)20-21(29-13-15(2)5-12-19(29)27-20)28-22(30)17-8-10-18(11-9-17)23(24,25)26/h3-13H,1-2H3,(H,28,30). The summed E-state index contributed by atoms with van der Waals surface area (Å²) in [6, 6.07) is 15.6. The number of nitrogens with one attached hydrogen (secondary N) is 1. The van der Waals surface area contributed by atoms with E-state index < -0.39 is 17.6 Å². The molecular formula is C23H18F3N3O. The van der Waals surface area contributed by atoms with Crippen molar-refractivity contribution < 1.29 is 18.0 Å². The van der Waals surface area contributed by atoms with E-state index in [1.165, 1.54) is 0 Å². The Morgan fingerprint density at radius 1 is 0.900 bits per heavy atom. The molecule has 2 aromatic heterocycles. The number of carbonyl (C=O) groups excluding carboxylic acids is 1. The Morgan fingerprint density at radius 3 is 2.17 bits per heavy atom. The number of fused-ring (bicyclic) bond motifs is 1. The molecule has 0 aliphatic heterocycles. The van der Waals surface area contributed by atoms with E-state index in [0.717, 1.165) is 41.0 Å². The van der Waals surface area contributed by atoms with Crippen molar-refractivity contribution in [1.29, 1.82) is 0 Å². The van der Waals surface area contributed by atoms with Gasteiger partial charge in [0.1, 0.15) is 17.2 Å². The van der Waals surface area contributed by atoms with Crippen LogP contribution in [0.2, 0.25) is 0 Å². The Hall–Kier alpha value is -3.61. The van der Waals surface area contributed by atoms with E-state index in [1.807, 2.05) is 56.4 Å². The van der Waals surface area contributed by atoms with Gasteiger partial charge in [0.25, 0.3) is 5.91 Å². The third kappa shape index (κ3) is 3.78. The van der Waals surface area contributed by atoms with Gasteiger partial charge in [-0.3, -0.25) is 9.20 Å². The van der Waals surface area contributed by atoms with E-state index >= 15 is 0 Å². The van der Waals surface area contributed by atoms with Crippen LogP contribution in [0.25, 0.3) is 16.9 Å². The zero-order valence-corrected chi connectivity index (χ0v) is 16.3. The molecule has 1 amide bonds. The largest absolute Gasteiger partial charge is 0.416 e. The number of nitrogens with zero attached hydrogens (tertiary/aromatic N) is 2. The van der Waals surface area contributed by atoms with Gasteiger partial charge < -0.3 is 5.32 Å². The zero-order valence-electron chi connectivity index (χ0n) is 16.3. The predicted molar refractivity (Wildman–Crippen MR) is 109 cm³/mol. The van der Waals surface area contributed by atoms with E-state index in [2.05, 4.69) is 10.3 Å². The van der Waals surface area contributed by atoms with E-state index in [9.17, 15) is 18.0 Å². The normalized spacial score (nSPS) is 11.6. The van der Waals surface area contributed by atoms with Crippen LogP contribution in [-0.4, -0.2) is 15.3 Å². The Bertz CT molecular complexity index is 1220. The van der Waals surface area contributed by atoms with Crippen molar-refractivity contribution in [2.24, 2.45) is 0 Å². The molecule has 0 fully saturated rings. The number of hydrogen-bond acceptors (Lipinski definition) is 2. The molecule has 0 radical (unpaired) electrons. The highest BCUT2D eigenvalue weighted by molar-refractivity contribution is 6.05. The molecule has 2 heterocycles. The van der Waals surface area contributed by atoms with Crippen molar-refractivity contribution in [3.63, 3.8) is 0 Å². The number of benzene rings is 2. The highest BCUT2D eigenvalue weighted by Crippen LogP contribution is 2.31. The number of pyridine rings is 1. The summed E-state index contributed by atoms with van der Waals surface area (Å²) in [6.45, 7) is 3.90. The maximum absolute atomic E-state index is 12.8. The van der Waals surface area contributed by atoms with Crippen LogP contribution in [0.15, 0.2) is 66.9 Å². The number of hydrogen-bond donors (Lipinski definition) is 1. The third-order valence-corrected chi connectivity index (χ3v) is 4.80. The molecule has 0 aliphatic carbocycles. The first-order chi connectivity index (χ1) is 14.2. The Morgan fingerprint density at radius 2 is 1.53 bits per heavy atom. The minimum atomic E-state index is -4.45. The Labute approximate surface area is 171 Å². The van der Waals surface area contributed by atoms with E-state index in [-0.39, 0.29) is 5.56 Å². The molecule has 4 aromatic rings. The summed E-state index contributed by atoms with van der Waals surface area (Å²) < 4.78 is 40.2. The quantitative estimate of drug-likeness (QED) is 0.459. The minimum absolute atomic E-state index is 0.125. The summed E-state index contributed by atoms with van der Waals surface area (Å²) in [5.41, 5.74) is 3.45. The van der Waals surface area contributed by atoms with Crippen LogP contribution in [0.5, 0.6) is 0 Å². The van der Waals surface area contributed by atoms with E-state index in [0.29, 0.717) is 17.2 Å². The van der Waals surface area contributed by atoms with E-state index in [1.54, 1.807) is 4.40 Å². The lowest BCUT2D eigenvalue weighted by Gasteiger charge is -2.10. The molecule has 0 aliphatic rings. The lowest BCUT2D eigenvalue weighted by Crippen LogP contribution is -2.15. The van der Waals surface area contributed by atoms with Crippen molar-refractivity contribution in [3.05, 3.63) is 89.1 Å². The lowest BCUT2D eigenvalue weighted by atomic mass is 10.1. The molecule has 7 heteroatoms. The first kappa shape index (κ1) is 19.7. The van der Waals surface area contributed by atoms with Crippen LogP contribution in [-0.2, 0) is 6.18 Å². The Balaban J connectivity index is 1.75. The van der Waals surface area contributed by atoms with Crippen molar-refractivity contribution in [2.45, 2.75) is 20.0 Å². The monoisotopic (exact) mass is 409 g/mol. The molecule has 0 unspecified atom stereocenters. The number of alkyl halides is 3. The van der Waals surface area contributed by atoms with Crippen molar-refractivity contribution in [3.8, 4) is 11.3 Å². The maximum Gasteiger partial charge on any atom is 0.416 e. The van der Waals surface area contributed by atoms with Gasteiger partial charge in [0.05, 0.1) is 5.56 Å². The van der Waals surface area contributed by atoms with Crippen LogP contribution in [0.1, 0.15) is 27.0 Å². The number of aromatic nitrogens is 2. The average molecular weight is 409 g/mol. The highest BCUT2D eigenvalue weighted by atomic mass is 19.4. The maximum atomic E-state index is 12.8. The van der Waals surface area contributed by atoms with Gasteiger partial charge in [0, 0.05) is 17.3 Å². The van der Waals surface area contributed by atoms with Gasteiger partial charge in [-0.15, -0.1) is 0 Å². The number of aryl methyl sites for hydroxylation is 2. The lowest BCUT2D eigenvalue weighted by molar-refractivity contribution is -0.137. The Kier molecular flexibility index (Phi) is 4.81. The van der Waals surface area contributed by atoms with Gasteiger partial charge in [0.2, 0.25) is 0 Å². The van der Waals surface area contributed by atoms with Gasteiger partial charge in [-0.1, -0.05) is 35.9 Å². The second-order valence-electron chi connectivity index (χ2n) is 7.14. The van der Waals surface area contributed by atoms with Crippen molar-refractivity contribution >= 4 is 17.4 Å². The predicted octanol–water partition coefficient (Wildman–Crippen LogP) is 5.89. The fourth-order valence-corrected chi connectivity index (χ4v) is 3.17. The molecule has 0 bridgehead atoms. The fraction of sp³-hybridized carbons (Fsp3) is 0.130. The average Bonchev–Trinajstić information content (AvgIpc) is 3.05. The molecule has 0 saturated heterocycles. The summed E-state index contributed by atoms with van der Waals surface area (Å²) in [6.07, 6.45) is -2.60. The first-order valence-electron chi connectivity index (χ1n) is 9.27. The summed E-state index contributed by atoms with van der Waals surface area (Å²) in [5, 5.41) is 2.83. The molecule has 1 N–H and O–H groups in total. The highest BCUT2D eigenvalue weighted by Gasteiger charge is 2.30. The SMILES string of the molecule is Cc1ccc(-c2nc3ccc(C)cn3c2NC(=O)c2ccc(C(F)(F)F)cc2)cc1. The molecule has 30 heavy (non-hydrogen) atoms. The number of rotatable bonds is 3. The topological polar surface area (TPSA) is 46.4 Å². The second-order valence-corrected chi connectivity index (χ2v) is 7.14. The van der Waals surface area contributed by atoms with Crippen LogP contribution in [0.3, 0.4) is 0 Å².